The Hall–Kier alpha value is -2.95. The van der Waals surface area contributed by atoms with Crippen molar-refractivity contribution in [2.45, 2.75) is 33.2 Å². The van der Waals surface area contributed by atoms with Gasteiger partial charge in [0, 0.05) is 24.0 Å². The van der Waals surface area contributed by atoms with Crippen LogP contribution in [0, 0.1) is 19.7 Å². The number of halogens is 1. The van der Waals surface area contributed by atoms with Crippen molar-refractivity contribution in [3.63, 3.8) is 0 Å². The number of hydrogen-bond acceptors (Lipinski definition) is 2. The molecule has 0 aliphatic heterocycles. The molecule has 0 radical (unpaired) electrons. The molecular formula is C21H21FN2O2. The average molecular weight is 352 g/mol. The molecule has 0 saturated heterocycles. The van der Waals surface area contributed by atoms with Crippen molar-refractivity contribution in [3.8, 4) is 0 Å². The first kappa shape index (κ1) is 17.9. The van der Waals surface area contributed by atoms with E-state index in [2.05, 4.69) is 10.3 Å². The average Bonchev–Trinajstić information content (AvgIpc) is 2.60. The number of carbonyl (C=O) groups excluding carboxylic acids is 1. The van der Waals surface area contributed by atoms with Crippen molar-refractivity contribution >= 4 is 16.8 Å². The third-order valence-electron chi connectivity index (χ3n) is 4.54. The minimum absolute atomic E-state index is 0.167. The van der Waals surface area contributed by atoms with Gasteiger partial charge in [0.25, 0.3) is 5.56 Å². The fourth-order valence-corrected chi connectivity index (χ4v) is 2.89. The molecule has 0 saturated carbocycles. The second-order valence-electron chi connectivity index (χ2n) is 6.55. The lowest BCUT2D eigenvalue weighted by Crippen LogP contribution is -2.26. The maximum Gasteiger partial charge on any atom is 0.253 e. The summed E-state index contributed by atoms with van der Waals surface area (Å²) in [5.74, 6) is -0.481. The predicted molar refractivity (Wildman–Crippen MR) is 101 cm³/mol. The summed E-state index contributed by atoms with van der Waals surface area (Å²) < 4.78 is 13.1. The van der Waals surface area contributed by atoms with E-state index in [9.17, 15) is 14.0 Å². The highest BCUT2D eigenvalue weighted by molar-refractivity contribution is 5.81. The summed E-state index contributed by atoms with van der Waals surface area (Å²) in [4.78, 5) is 27.1. The molecule has 0 bridgehead atoms. The molecule has 0 atom stereocenters. The number of pyridine rings is 1. The van der Waals surface area contributed by atoms with Crippen LogP contribution < -0.4 is 10.9 Å². The van der Waals surface area contributed by atoms with Crippen molar-refractivity contribution in [1.29, 1.82) is 0 Å². The summed E-state index contributed by atoms with van der Waals surface area (Å²) in [5, 5.41) is 3.70. The molecular weight excluding hydrogens is 331 g/mol. The summed E-state index contributed by atoms with van der Waals surface area (Å²) in [6.07, 6.45) is 0.698. The van der Waals surface area contributed by atoms with Crippen LogP contribution in [0.3, 0.4) is 0 Å². The molecule has 1 heterocycles. The molecule has 0 fully saturated rings. The molecule has 0 aliphatic rings. The maximum atomic E-state index is 13.1. The zero-order valence-corrected chi connectivity index (χ0v) is 14.9. The normalized spacial score (nSPS) is 10.9. The van der Waals surface area contributed by atoms with Crippen LogP contribution in [0.25, 0.3) is 10.9 Å². The van der Waals surface area contributed by atoms with E-state index in [1.807, 2.05) is 32.0 Å². The topological polar surface area (TPSA) is 62.0 Å². The van der Waals surface area contributed by atoms with E-state index in [0.717, 1.165) is 27.6 Å². The zero-order valence-electron chi connectivity index (χ0n) is 14.9. The van der Waals surface area contributed by atoms with Gasteiger partial charge in [0.15, 0.2) is 0 Å². The number of hydrogen-bond donors (Lipinski definition) is 2. The lowest BCUT2D eigenvalue weighted by Gasteiger charge is -2.08. The molecule has 2 aromatic carbocycles. The van der Waals surface area contributed by atoms with Gasteiger partial charge >= 0.3 is 0 Å². The second-order valence-corrected chi connectivity index (χ2v) is 6.55. The Morgan fingerprint density at radius 1 is 1.12 bits per heavy atom. The Bertz CT molecular complexity index is 1020. The zero-order chi connectivity index (χ0) is 18.7. The van der Waals surface area contributed by atoms with Crippen LogP contribution in [-0.4, -0.2) is 10.9 Å². The number of nitrogens with one attached hydrogen (secondary N) is 2. The highest BCUT2D eigenvalue weighted by Gasteiger charge is 2.08. The molecule has 1 amide bonds. The van der Waals surface area contributed by atoms with Crippen LogP contribution in [0.2, 0.25) is 0 Å². The highest BCUT2D eigenvalue weighted by Crippen LogP contribution is 2.17. The first-order chi connectivity index (χ1) is 12.4. The Morgan fingerprint density at radius 2 is 1.88 bits per heavy atom. The van der Waals surface area contributed by atoms with E-state index in [1.165, 1.54) is 12.1 Å². The maximum absolute atomic E-state index is 13.1. The van der Waals surface area contributed by atoms with Gasteiger partial charge in [0.1, 0.15) is 5.82 Å². The summed E-state index contributed by atoms with van der Waals surface area (Å²) in [5.41, 5.74) is 4.14. The SMILES string of the molecule is Cc1cc2cc(CNC(=O)CCc3cccc(F)c3)c(=O)[nH]c2cc1C. The second kappa shape index (κ2) is 7.52. The van der Waals surface area contributed by atoms with E-state index in [1.54, 1.807) is 12.1 Å². The Morgan fingerprint density at radius 3 is 2.65 bits per heavy atom. The quantitative estimate of drug-likeness (QED) is 0.738. The number of amides is 1. The summed E-state index contributed by atoms with van der Waals surface area (Å²) >= 11 is 0. The number of carbonyl (C=O) groups is 1. The molecule has 1 aromatic heterocycles. The molecule has 0 spiro atoms. The number of benzene rings is 2. The van der Waals surface area contributed by atoms with Gasteiger partial charge in [-0.1, -0.05) is 12.1 Å². The van der Waals surface area contributed by atoms with E-state index >= 15 is 0 Å². The van der Waals surface area contributed by atoms with Crippen molar-refractivity contribution in [3.05, 3.63) is 80.9 Å². The fourth-order valence-electron chi connectivity index (χ4n) is 2.89. The fraction of sp³-hybridized carbons (Fsp3) is 0.238. The largest absolute Gasteiger partial charge is 0.352 e. The van der Waals surface area contributed by atoms with E-state index in [0.29, 0.717) is 12.0 Å². The van der Waals surface area contributed by atoms with Gasteiger partial charge < -0.3 is 10.3 Å². The first-order valence-electron chi connectivity index (χ1n) is 8.56. The van der Waals surface area contributed by atoms with Gasteiger partial charge in [0.05, 0.1) is 0 Å². The van der Waals surface area contributed by atoms with Crippen molar-refractivity contribution in [2.75, 3.05) is 0 Å². The standard InChI is InChI=1S/C21H21FN2O2/c1-13-8-16-11-17(21(26)24-19(16)9-14(13)2)12-23-20(25)7-6-15-4-3-5-18(22)10-15/h3-5,8-11H,6-7,12H2,1-2H3,(H,23,25)(H,24,26). The molecule has 0 unspecified atom stereocenters. The first-order valence-corrected chi connectivity index (χ1v) is 8.56. The molecule has 4 nitrogen and oxygen atoms in total. The van der Waals surface area contributed by atoms with Gasteiger partial charge in [-0.2, -0.15) is 0 Å². The monoisotopic (exact) mass is 352 g/mol. The van der Waals surface area contributed by atoms with E-state index in [-0.39, 0.29) is 30.2 Å². The third kappa shape index (κ3) is 4.17. The number of aromatic nitrogens is 1. The van der Waals surface area contributed by atoms with Crippen LogP contribution in [0.1, 0.15) is 28.7 Å². The van der Waals surface area contributed by atoms with Crippen LogP contribution in [0.5, 0.6) is 0 Å². The smallest absolute Gasteiger partial charge is 0.253 e. The summed E-state index contributed by atoms with van der Waals surface area (Å²) in [7, 11) is 0. The van der Waals surface area contributed by atoms with E-state index in [4.69, 9.17) is 0 Å². The molecule has 0 aliphatic carbocycles. The minimum atomic E-state index is -0.309. The lowest BCUT2D eigenvalue weighted by molar-refractivity contribution is -0.121. The number of fused-ring (bicyclic) bond motifs is 1. The van der Waals surface area contributed by atoms with Crippen LogP contribution in [-0.2, 0) is 17.8 Å². The van der Waals surface area contributed by atoms with Gasteiger partial charge in [0.2, 0.25) is 5.91 Å². The van der Waals surface area contributed by atoms with Gasteiger partial charge in [-0.25, -0.2) is 4.39 Å². The third-order valence-corrected chi connectivity index (χ3v) is 4.54. The van der Waals surface area contributed by atoms with Crippen LogP contribution in [0.15, 0.2) is 47.3 Å². The van der Waals surface area contributed by atoms with Crippen LogP contribution >= 0.6 is 0 Å². The van der Waals surface area contributed by atoms with Crippen molar-refractivity contribution in [2.24, 2.45) is 0 Å². The molecule has 3 rings (SSSR count). The Labute approximate surface area is 151 Å². The molecule has 3 aromatic rings. The van der Waals surface area contributed by atoms with Crippen molar-refractivity contribution < 1.29 is 9.18 Å². The van der Waals surface area contributed by atoms with Gasteiger partial charge in [-0.3, -0.25) is 9.59 Å². The summed E-state index contributed by atoms with van der Waals surface area (Å²) in [6, 6.07) is 12.0. The van der Waals surface area contributed by atoms with E-state index < -0.39 is 0 Å². The lowest BCUT2D eigenvalue weighted by atomic mass is 10.0. The minimum Gasteiger partial charge on any atom is -0.352 e. The number of aromatic amines is 1. The van der Waals surface area contributed by atoms with Crippen LogP contribution in [0.4, 0.5) is 4.39 Å². The number of aryl methyl sites for hydroxylation is 3. The molecule has 5 heteroatoms. The van der Waals surface area contributed by atoms with Crippen molar-refractivity contribution in [1.82, 2.24) is 10.3 Å². The summed E-state index contributed by atoms with van der Waals surface area (Å²) in [6.45, 7) is 4.19. The Balaban J connectivity index is 1.65. The Kier molecular flexibility index (Phi) is 5.16. The molecule has 2 N–H and O–H groups in total. The highest BCUT2D eigenvalue weighted by atomic mass is 19.1. The predicted octanol–water partition coefficient (Wildman–Crippen LogP) is 3.53. The van der Waals surface area contributed by atoms with Gasteiger partial charge in [-0.15, -0.1) is 0 Å². The number of rotatable bonds is 5. The number of H-pyrrole nitrogens is 1. The molecule has 134 valence electrons. The van der Waals surface area contributed by atoms with Gasteiger partial charge in [-0.05, 0) is 72.7 Å². The molecule has 26 heavy (non-hydrogen) atoms.